The Labute approximate surface area is 116 Å². The van der Waals surface area contributed by atoms with Crippen molar-refractivity contribution in [3.05, 3.63) is 18.0 Å². The van der Waals surface area contributed by atoms with Crippen LogP contribution in [0.4, 0.5) is 4.79 Å². The van der Waals surface area contributed by atoms with Crippen LogP contribution in [0.3, 0.4) is 0 Å². The molecule has 1 fully saturated rings. The highest BCUT2D eigenvalue weighted by Gasteiger charge is 2.38. The summed E-state index contributed by atoms with van der Waals surface area (Å²) in [4.78, 5) is 24.1. The second-order valence-electron chi connectivity index (χ2n) is 4.90. The maximum Gasteiger partial charge on any atom is 0.326 e. The molecule has 0 aromatic carbocycles. The van der Waals surface area contributed by atoms with E-state index < -0.39 is 24.1 Å². The van der Waals surface area contributed by atoms with E-state index in [1.807, 2.05) is 13.2 Å². The Kier molecular flexibility index (Phi) is 4.23. The number of aliphatic hydroxyl groups excluding tert-OH is 1. The van der Waals surface area contributed by atoms with Crippen LogP contribution in [0.25, 0.3) is 0 Å². The Morgan fingerprint density at radius 3 is 2.90 bits per heavy atom. The monoisotopic (exact) mass is 282 g/mol. The molecule has 0 unspecified atom stereocenters. The second kappa shape index (κ2) is 5.91. The van der Waals surface area contributed by atoms with Crippen molar-refractivity contribution in [2.75, 3.05) is 13.1 Å². The van der Waals surface area contributed by atoms with Gasteiger partial charge in [0.25, 0.3) is 0 Å². The number of hydrogen-bond acceptors (Lipinski definition) is 4. The van der Waals surface area contributed by atoms with Crippen LogP contribution in [0.15, 0.2) is 12.4 Å². The zero-order valence-electron chi connectivity index (χ0n) is 11.2. The molecule has 1 aromatic rings. The van der Waals surface area contributed by atoms with Crippen molar-refractivity contribution >= 4 is 12.0 Å². The molecule has 0 saturated carbocycles. The van der Waals surface area contributed by atoms with E-state index in [0.717, 1.165) is 10.5 Å². The van der Waals surface area contributed by atoms with E-state index in [9.17, 15) is 14.7 Å². The SMILES string of the molecule is Cn1cc(CCNC(=O)N2C[C@@H](O)C[C@H]2C(=O)O)cn1. The zero-order chi connectivity index (χ0) is 14.7. The number of β-amino-alcohol motifs (C(OH)–C–C–N with tert-alkyl or cyclic N) is 1. The summed E-state index contributed by atoms with van der Waals surface area (Å²) in [7, 11) is 1.81. The number of carbonyl (C=O) groups excluding carboxylic acids is 1. The van der Waals surface area contributed by atoms with E-state index in [1.165, 1.54) is 0 Å². The van der Waals surface area contributed by atoms with Gasteiger partial charge in [0.1, 0.15) is 6.04 Å². The quantitative estimate of drug-likeness (QED) is 0.669. The molecule has 2 amide bonds. The average molecular weight is 282 g/mol. The average Bonchev–Trinajstić information content (AvgIpc) is 2.95. The topological polar surface area (TPSA) is 108 Å². The summed E-state index contributed by atoms with van der Waals surface area (Å²) in [6, 6.07) is -1.42. The molecule has 0 aliphatic carbocycles. The molecule has 2 heterocycles. The Hall–Kier alpha value is -2.09. The molecule has 3 N–H and O–H groups in total. The first kappa shape index (κ1) is 14.3. The third kappa shape index (κ3) is 3.27. The lowest BCUT2D eigenvalue weighted by atomic mass is 10.2. The number of aliphatic carboxylic acids is 1. The molecule has 1 aromatic heterocycles. The number of likely N-dealkylation sites (tertiary alicyclic amines) is 1. The lowest BCUT2D eigenvalue weighted by Crippen LogP contribution is -2.46. The first-order chi connectivity index (χ1) is 9.47. The van der Waals surface area contributed by atoms with Crippen LogP contribution >= 0.6 is 0 Å². The molecule has 0 spiro atoms. The van der Waals surface area contributed by atoms with E-state index in [1.54, 1.807) is 10.9 Å². The molecule has 8 heteroatoms. The third-order valence-electron chi connectivity index (χ3n) is 3.27. The van der Waals surface area contributed by atoms with Gasteiger partial charge in [-0.3, -0.25) is 4.68 Å². The molecule has 2 rings (SSSR count). The number of aliphatic hydroxyl groups is 1. The highest BCUT2D eigenvalue weighted by molar-refractivity contribution is 5.83. The predicted octanol–water partition coefficient (Wildman–Crippen LogP) is -0.808. The molecule has 0 radical (unpaired) electrons. The molecular formula is C12H18N4O4. The number of hydrogen-bond donors (Lipinski definition) is 3. The standard InChI is InChI=1S/C12H18N4O4/c1-15-6-8(5-14-15)2-3-13-12(20)16-7-9(17)4-10(16)11(18)19/h5-6,9-10,17H,2-4,7H2,1H3,(H,13,20)(H,18,19)/t9-,10-/m0/s1. The summed E-state index contributed by atoms with van der Waals surface area (Å²) >= 11 is 0. The van der Waals surface area contributed by atoms with Crippen molar-refractivity contribution in [3.8, 4) is 0 Å². The van der Waals surface area contributed by atoms with Gasteiger partial charge in [-0.15, -0.1) is 0 Å². The molecule has 1 aliphatic heterocycles. The summed E-state index contributed by atoms with van der Waals surface area (Å²) < 4.78 is 1.68. The van der Waals surface area contributed by atoms with Crippen LogP contribution in [0.5, 0.6) is 0 Å². The van der Waals surface area contributed by atoms with Crippen LogP contribution in [-0.2, 0) is 18.3 Å². The summed E-state index contributed by atoms with van der Waals surface area (Å²) in [6.45, 7) is 0.444. The third-order valence-corrected chi connectivity index (χ3v) is 3.27. The van der Waals surface area contributed by atoms with Gasteiger partial charge in [0.2, 0.25) is 0 Å². The van der Waals surface area contributed by atoms with Gasteiger partial charge in [-0.25, -0.2) is 9.59 Å². The molecule has 2 atom stereocenters. The normalized spacial score (nSPS) is 22.0. The number of rotatable bonds is 4. The van der Waals surface area contributed by atoms with Gasteiger partial charge in [-0.1, -0.05) is 0 Å². The number of amides is 2. The number of nitrogens with one attached hydrogen (secondary N) is 1. The number of carbonyl (C=O) groups is 2. The first-order valence-electron chi connectivity index (χ1n) is 6.40. The van der Waals surface area contributed by atoms with Crippen LogP contribution in [0, 0.1) is 0 Å². The largest absolute Gasteiger partial charge is 0.480 e. The number of carboxylic acid groups (broad SMARTS) is 1. The van der Waals surface area contributed by atoms with Gasteiger partial charge >= 0.3 is 12.0 Å². The van der Waals surface area contributed by atoms with E-state index >= 15 is 0 Å². The zero-order valence-corrected chi connectivity index (χ0v) is 11.2. The van der Waals surface area contributed by atoms with Gasteiger partial charge in [0.05, 0.1) is 12.3 Å². The van der Waals surface area contributed by atoms with Crippen molar-refractivity contribution in [2.24, 2.45) is 7.05 Å². The highest BCUT2D eigenvalue weighted by Crippen LogP contribution is 2.18. The predicted molar refractivity (Wildman–Crippen MR) is 69.1 cm³/mol. The Morgan fingerprint density at radius 2 is 2.30 bits per heavy atom. The fourth-order valence-corrected chi connectivity index (χ4v) is 2.29. The van der Waals surface area contributed by atoms with Crippen LogP contribution < -0.4 is 5.32 Å². The van der Waals surface area contributed by atoms with Gasteiger partial charge in [0, 0.05) is 32.8 Å². The fraction of sp³-hybridized carbons (Fsp3) is 0.583. The summed E-state index contributed by atoms with van der Waals surface area (Å²) in [5.41, 5.74) is 0.990. The summed E-state index contributed by atoms with van der Waals surface area (Å²) in [5, 5.41) is 25.2. The van der Waals surface area contributed by atoms with Gasteiger partial charge in [-0.05, 0) is 12.0 Å². The molecule has 1 aliphatic rings. The van der Waals surface area contributed by atoms with Crippen LogP contribution in [0.2, 0.25) is 0 Å². The lowest BCUT2D eigenvalue weighted by molar-refractivity contribution is -0.141. The van der Waals surface area contributed by atoms with Crippen molar-refractivity contribution < 1.29 is 19.8 Å². The molecule has 110 valence electrons. The Balaban J connectivity index is 1.83. The number of nitrogens with zero attached hydrogens (tertiary/aromatic N) is 3. The number of aryl methyl sites for hydroxylation is 1. The lowest BCUT2D eigenvalue weighted by Gasteiger charge is -2.21. The van der Waals surface area contributed by atoms with E-state index in [0.29, 0.717) is 13.0 Å². The molecular weight excluding hydrogens is 264 g/mol. The fourth-order valence-electron chi connectivity index (χ4n) is 2.29. The minimum atomic E-state index is -1.09. The minimum Gasteiger partial charge on any atom is -0.480 e. The van der Waals surface area contributed by atoms with Gasteiger partial charge in [0.15, 0.2) is 0 Å². The van der Waals surface area contributed by atoms with E-state index in [-0.39, 0.29) is 13.0 Å². The smallest absolute Gasteiger partial charge is 0.326 e. The van der Waals surface area contributed by atoms with Crippen molar-refractivity contribution in [1.82, 2.24) is 20.0 Å². The van der Waals surface area contributed by atoms with Crippen molar-refractivity contribution in [2.45, 2.75) is 25.0 Å². The second-order valence-corrected chi connectivity index (χ2v) is 4.90. The Bertz CT molecular complexity index is 501. The molecule has 1 saturated heterocycles. The van der Waals surface area contributed by atoms with Crippen LogP contribution in [-0.4, -0.2) is 62.1 Å². The van der Waals surface area contributed by atoms with Gasteiger partial charge < -0.3 is 20.4 Å². The van der Waals surface area contributed by atoms with E-state index in [2.05, 4.69) is 10.4 Å². The molecule has 0 bridgehead atoms. The summed E-state index contributed by atoms with van der Waals surface area (Å²) in [5.74, 6) is -1.09. The highest BCUT2D eigenvalue weighted by atomic mass is 16.4. The summed E-state index contributed by atoms with van der Waals surface area (Å²) in [6.07, 6.45) is 3.48. The minimum absolute atomic E-state index is 0.0513. The maximum absolute atomic E-state index is 11.9. The first-order valence-corrected chi connectivity index (χ1v) is 6.40. The molecule has 8 nitrogen and oxygen atoms in total. The Morgan fingerprint density at radius 1 is 1.55 bits per heavy atom. The van der Waals surface area contributed by atoms with Crippen molar-refractivity contribution in [1.29, 1.82) is 0 Å². The number of urea groups is 1. The van der Waals surface area contributed by atoms with Crippen molar-refractivity contribution in [3.63, 3.8) is 0 Å². The number of aromatic nitrogens is 2. The van der Waals surface area contributed by atoms with Gasteiger partial charge in [-0.2, -0.15) is 5.10 Å². The maximum atomic E-state index is 11.9. The molecule has 20 heavy (non-hydrogen) atoms. The number of carboxylic acids is 1. The van der Waals surface area contributed by atoms with E-state index in [4.69, 9.17) is 5.11 Å². The van der Waals surface area contributed by atoms with Crippen LogP contribution in [0.1, 0.15) is 12.0 Å².